The minimum atomic E-state index is -0.171. The Morgan fingerprint density at radius 1 is 0.909 bits per heavy atom. The Hall–Kier alpha value is -2.10. The minimum absolute atomic E-state index is 0.0230. The van der Waals surface area contributed by atoms with Crippen molar-refractivity contribution in [2.45, 2.75) is 84.3 Å². The van der Waals surface area contributed by atoms with E-state index >= 15 is 0 Å². The number of rotatable bonds is 3. The number of hydrogen-bond donors (Lipinski definition) is 0. The standard InChI is InChI=1S/C29H38O4/c1-18(30)32-23-10-12-24-21(16-23)9-11-26-25(24)13-14-29(3)27(26)17-22(28(29)33-19(2)31)15-20-7-5-4-6-8-20/h4-8,15,21,23-28H,9-14,16-17H2,1-3H3/b22-15+/t21-,23+,24-,25+,26+,27-,28-,29-/m1/s1. The molecule has 0 saturated heterocycles. The number of hydrogen-bond acceptors (Lipinski definition) is 4. The summed E-state index contributed by atoms with van der Waals surface area (Å²) in [6.07, 6.45) is 11.4. The largest absolute Gasteiger partial charge is 0.463 e. The van der Waals surface area contributed by atoms with E-state index in [0.717, 1.165) is 37.5 Å². The fourth-order valence-electron chi connectivity index (χ4n) is 8.27. The first-order chi connectivity index (χ1) is 15.8. The second kappa shape index (κ2) is 8.92. The van der Waals surface area contributed by atoms with Crippen molar-refractivity contribution in [3.8, 4) is 0 Å². The van der Waals surface area contributed by atoms with Crippen LogP contribution in [0, 0.1) is 35.0 Å². The maximum atomic E-state index is 12.1. The summed E-state index contributed by atoms with van der Waals surface area (Å²) in [5.41, 5.74) is 2.51. The van der Waals surface area contributed by atoms with E-state index in [1.165, 1.54) is 43.7 Å². The normalized spacial score (nSPS) is 40.9. The number of benzene rings is 1. The minimum Gasteiger partial charge on any atom is -0.463 e. The van der Waals surface area contributed by atoms with Gasteiger partial charge in [0.25, 0.3) is 0 Å². The van der Waals surface area contributed by atoms with Crippen LogP contribution in [0.25, 0.3) is 6.08 Å². The van der Waals surface area contributed by atoms with E-state index in [9.17, 15) is 9.59 Å². The molecule has 0 unspecified atom stereocenters. The molecule has 0 heterocycles. The van der Waals surface area contributed by atoms with Crippen LogP contribution in [0.5, 0.6) is 0 Å². The van der Waals surface area contributed by atoms with Crippen LogP contribution in [0.2, 0.25) is 0 Å². The van der Waals surface area contributed by atoms with Gasteiger partial charge in [-0.1, -0.05) is 43.3 Å². The molecule has 4 aliphatic carbocycles. The van der Waals surface area contributed by atoms with Crippen molar-refractivity contribution in [1.82, 2.24) is 0 Å². The van der Waals surface area contributed by atoms with Crippen LogP contribution in [0.1, 0.15) is 77.7 Å². The Labute approximate surface area is 198 Å². The van der Waals surface area contributed by atoms with Crippen LogP contribution in [0.3, 0.4) is 0 Å². The fraction of sp³-hybridized carbons (Fsp3) is 0.655. The summed E-state index contributed by atoms with van der Waals surface area (Å²) in [5.74, 6) is 3.18. The van der Waals surface area contributed by atoms with Crippen LogP contribution in [0.15, 0.2) is 35.9 Å². The molecule has 4 nitrogen and oxygen atoms in total. The lowest BCUT2D eigenvalue weighted by Crippen LogP contribution is -2.50. The maximum absolute atomic E-state index is 12.1. The molecule has 4 fully saturated rings. The van der Waals surface area contributed by atoms with E-state index in [1.807, 2.05) is 6.07 Å². The maximum Gasteiger partial charge on any atom is 0.303 e. The lowest BCUT2D eigenvalue weighted by Gasteiger charge is -2.55. The summed E-state index contributed by atoms with van der Waals surface area (Å²) in [4.78, 5) is 23.6. The molecule has 1 aromatic carbocycles. The number of ether oxygens (including phenoxy) is 2. The van der Waals surface area contributed by atoms with E-state index in [1.54, 1.807) is 6.92 Å². The number of esters is 2. The van der Waals surface area contributed by atoms with Crippen molar-refractivity contribution in [1.29, 1.82) is 0 Å². The third-order valence-corrected chi connectivity index (χ3v) is 9.50. The predicted octanol–water partition coefficient (Wildman–Crippen LogP) is 6.20. The number of fused-ring (bicyclic) bond motifs is 5. The van der Waals surface area contributed by atoms with Gasteiger partial charge >= 0.3 is 11.9 Å². The van der Waals surface area contributed by atoms with E-state index in [4.69, 9.17) is 9.47 Å². The highest BCUT2D eigenvalue weighted by molar-refractivity contribution is 5.67. The molecule has 4 aliphatic rings. The Morgan fingerprint density at radius 3 is 2.36 bits per heavy atom. The van der Waals surface area contributed by atoms with Gasteiger partial charge in [0.05, 0.1) is 0 Å². The highest BCUT2D eigenvalue weighted by Crippen LogP contribution is 2.64. The second-order valence-electron chi connectivity index (χ2n) is 11.3. The zero-order valence-corrected chi connectivity index (χ0v) is 20.3. The summed E-state index contributed by atoms with van der Waals surface area (Å²) in [6.45, 7) is 5.47. The van der Waals surface area contributed by atoms with Crippen molar-refractivity contribution in [3.05, 3.63) is 41.5 Å². The molecule has 0 amide bonds. The molecule has 0 aromatic heterocycles. The second-order valence-corrected chi connectivity index (χ2v) is 11.3. The first-order valence-electron chi connectivity index (χ1n) is 12.9. The van der Waals surface area contributed by atoms with Crippen LogP contribution in [-0.2, 0) is 19.1 Å². The summed E-state index contributed by atoms with van der Waals surface area (Å²) in [6, 6.07) is 10.5. The average Bonchev–Trinajstić information content (AvgIpc) is 3.05. The van der Waals surface area contributed by atoms with Crippen molar-refractivity contribution in [3.63, 3.8) is 0 Å². The van der Waals surface area contributed by atoms with Gasteiger partial charge in [0.15, 0.2) is 0 Å². The summed E-state index contributed by atoms with van der Waals surface area (Å²) in [5, 5.41) is 0. The van der Waals surface area contributed by atoms with Gasteiger partial charge in [-0.15, -0.1) is 0 Å². The third kappa shape index (κ3) is 4.26. The Kier molecular flexibility index (Phi) is 6.13. The summed E-state index contributed by atoms with van der Waals surface area (Å²) < 4.78 is 11.6. The van der Waals surface area contributed by atoms with Crippen molar-refractivity contribution >= 4 is 18.0 Å². The van der Waals surface area contributed by atoms with Crippen LogP contribution in [-0.4, -0.2) is 24.1 Å². The fourth-order valence-corrected chi connectivity index (χ4v) is 8.27. The first-order valence-corrected chi connectivity index (χ1v) is 12.9. The lowest BCUT2D eigenvalue weighted by molar-refractivity contribution is -0.157. The SMILES string of the molecule is CC(=O)O[C@H]1CC[C@@H]2[C@H](CC[C@H]3[C@H]2CC[C@@]2(C)[C@H](OC(C)=O)/C(=C/c4ccccc4)C[C@H]32)C1. The van der Waals surface area contributed by atoms with Gasteiger partial charge in [0, 0.05) is 19.3 Å². The molecule has 5 rings (SSSR count). The van der Waals surface area contributed by atoms with Gasteiger partial charge in [-0.3, -0.25) is 9.59 Å². The van der Waals surface area contributed by atoms with Gasteiger partial charge in [-0.25, -0.2) is 0 Å². The molecule has 33 heavy (non-hydrogen) atoms. The lowest BCUT2D eigenvalue weighted by atomic mass is 9.50. The molecule has 0 radical (unpaired) electrons. The van der Waals surface area contributed by atoms with Gasteiger partial charge in [-0.2, -0.15) is 0 Å². The third-order valence-electron chi connectivity index (χ3n) is 9.50. The molecular weight excluding hydrogens is 412 g/mol. The van der Waals surface area contributed by atoms with Crippen molar-refractivity contribution < 1.29 is 19.1 Å². The van der Waals surface area contributed by atoms with Crippen molar-refractivity contribution in [2.75, 3.05) is 0 Å². The number of carbonyl (C=O) groups excluding carboxylic acids is 2. The quantitative estimate of drug-likeness (QED) is 0.515. The molecule has 4 heteroatoms. The molecule has 178 valence electrons. The molecule has 0 bridgehead atoms. The van der Waals surface area contributed by atoms with Crippen LogP contribution in [0.4, 0.5) is 0 Å². The Bertz CT molecular complexity index is 921. The molecule has 0 spiro atoms. The molecule has 0 N–H and O–H groups in total. The van der Waals surface area contributed by atoms with Crippen LogP contribution >= 0.6 is 0 Å². The van der Waals surface area contributed by atoms with E-state index < -0.39 is 0 Å². The molecule has 0 aliphatic heterocycles. The summed E-state index contributed by atoms with van der Waals surface area (Å²) in [7, 11) is 0. The van der Waals surface area contributed by atoms with E-state index in [2.05, 4.69) is 37.3 Å². The van der Waals surface area contributed by atoms with Crippen LogP contribution < -0.4 is 0 Å². The first kappa shape index (κ1) is 22.7. The molecule has 1 aromatic rings. The summed E-state index contributed by atoms with van der Waals surface area (Å²) >= 11 is 0. The number of carbonyl (C=O) groups is 2. The Balaban J connectivity index is 1.39. The van der Waals surface area contributed by atoms with Gasteiger partial charge in [-0.05, 0) is 92.1 Å². The smallest absolute Gasteiger partial charge is 0.303 e. The monoisotopic (exact) mass is 450 g/mol. The predicted molar refractivity (Wildman–Crippen MR) is 128 cm³/mol. The zero-order chi connectivity index (χ0) is 23.2. The highest BCUT2D eigenvalue weighted by Gasteiger charge is 2.59. The molecule has 4 saturated carbocycles. The molecule has 8 atom stereocenters. The van der Waals surface area contributed by atoms with E-state index in [-0.39, 0.29) is 29.6 Å². The topological polar surface area (TPSA) is 52.6 Å². The highest BCUT2D eigenvalue weighted by atomic mass is 16.5. The van der Waals surface area contributed by atoms with E-state index in [0.29, 0.717) is 17.8 Å². The average molecular weight is 451 g/mol. The van der Waals surface area contributed by atoms with Crippen molar-refractivity contribution in [2.24, 2.45) is 35.0 Å². The van der Waals surface area contributed by atoms with Gasteiger partial charge in [0.1, 0.15) is 12.2 Å². The Morgan fingerprint density at radius 2 is 1.64 bits per heavy atom. The molecular formula is C29H38O4. The van der Waals surface area contributed by atoms with Gasteiger partial charge in [0.2, 0.25) is 0 Å². The van der Waals surface area contributed by atoms with Gasteiger partial charge < -0.3 is 9.47 Å². The zero-order valence-electron chi connectivity index (χ0n) is 20.3.